The summed E-state index contributed by atoms with van der Waals surface area (Å²) in [5.74, 6) is 1.35. The number of urea groups is 1. The number of hydrogen-bond acceptors (Lipinski definition) is 4. The average Bonchev–Trinajstić information content (AvgIpc) is 2.74. The zero-order chi connectivity index (χ0) is 20.5. The van der Waals surface area contributed by atoms with E-state index in [1.54, 1.807) is 7.11 Å². The zero-order valence-electron chi connectivity index (χ0n) is 16.7. The maximum Gasteiger partial charge on any atom is 0.315 e. The molecule has 0 radical (unpaired) electrons. The van der Waals surface area contributed by atoms with Crippen LogP contribution in [0.3, 0.4) is 0 Å². The van der Waals surface area contributed by atoms with Crippen LogP contribution in [0.25, 0.3) is 0 Å². The molecule has 0 atom stereocenters. The number of carbonyl (C=O) groups excluding carboxylic acids is 1. The van der Waals surface area contributed by atoms with Crippen LogP contribution in [0.4, 0.5) is 4.79 Å². The van der Waals surface area contributed by atoms with Crippen molar-refractivity contribution in [1.29, 1.82) is 0 Å². The number of carbonyl (C=O) groups is 1. The van der Waals surface area contributed by atoms with Gasteiger partial charge in [0, 0.05) is 30.7 Å². The highest BCUT2D eigenvalue weighted by Gasteiger charge is 2.20. The van der Waals surface area contributed by atoms with Gasteiger partial charge in [-0.3, -0.25) is 4.90 Å². The molecule has 3 rings (SSSR count). The molecule has 1 fully saturated rings. The summed E-state index contributed by atoms with van der Waals surface area (Å²) >= 11 is 5.94. The summed E-state index contributed by atoms with van der Waals surface area (Å²) in [5, 5.41) is 6.67. The lowest BCUT2D eigenvalue weighted by atomic mass is 10.0. The van der Waals surface area contributed by atoms with Crippen LogP contribution in [0.15, 0.2) is 48.5 Å². The summed E-state index contributed by atoms with van der Waals surface area (Å²) in [5.41, 5.74) is 1.26. The second kappa shape index (κ2) is 10.9. The first kappa shape index (κ1) is 21.3. The molecule has 0 saturated carbocycles. The fourth-order valence-electron chi connectivity index (χ4n) is 3.38. The number of amides is 2. The van der Waals surface area contributed by atoms with E-state index in [1.165, 1.54) is 5.56 Å². The van der Waals surface area contributed by atoms with Crippen molar-refractivity contribution >= 4 is 17.6 Å². The Morgan fingerprint density at radius 3 is 2.48 bits per heavy atom. The minimum absolute atomic E-state index is 0.148. The predicted octanol–water partition coefficient (Wildman–Crippen LogP) is 3.69. The predicted molar refractivity (Wildman–Crippen MR) is 115 cm³/mol. The number of nitrogens with zero attached hydrogens (tertiary/aromatic N) is 1. The molecule has 156 valence electrons. The Labute approximate surface area is 177 Å². The lowest BCUT2D eigenvalue weighted by Crippen LogP contribution is -2.48. The number of piperidine rings is 1. The molecule has 1 aliphatic heterocycles. The first-order chi connectivity index (χ1) is 14.1. The number of hydrogen-bond donors (Lipinski definition) is 2. The number of halogens is 1. The average molecular weight is 418 g/mol. The Bertz CT molecular complexity index is 777. The van der Waals surface area contributed by atoms with Crippen LogP contribution in [0.1, 0.15) is 18.4 Å². The largest absolute Gasteiger partial charge is 0.493 e. The third kappa shape index (κ3) is 6.84. The first-order valence-corrected chi connectivity index (χ1v) is 10.3. The SMILES string of the molecule is COc1ccccc1OCCNC(=O)NC1CCN(Cc2ccc(Cl)cc2)CC1. The van der Waals surface area contributed by atoms with Gasteiger partial charge in [-0.15, -0.1) is 0 Å². The van der Waals surface area contributed by atoms with Gasteiger partial charge in [0.25, 0.3) is 0 Å². The molecule has 0 spiro atoms. The van der Waals surface area contributed by atoms with E-state index in [1.807, 2.05) is 36.4 Å². The minimum Gasteiger partial charge on any atom is -0.493 e. The number of rotatable bonds is 8. The summed E-state index contributed by atoms with van der Waals surface area (Å²) in [6.45, 7) is 3.65. The topological polar surface area (TPSA) is 62.8 Å². The molecule has 29 heavy (non-hydrogen) atoms. The first-order valence-electron chi connectivity index (χ1n) is 9.91. The van der Waals surface area contributed by atoms with Crippen LogP contribution in [0.2, 0.25) is 5.02 Å². The van der Waals surface area contributed by atoms with E-state index in [2.05, 4.69) is 27.7 Å². The lowest BCUT2D eigenvalue weighted by molar-refractivity contribution is 0.186. The number of benzene rings is 2. The Morgan fingerprint density at radius 2 is 1.79 bits per heavy atom. The van der Waals surface area contributed by atoms with E-state index in [0.29, 0.717) is 24.7 Å². The summed E-state index contributed by atoms with van der Waals surface area (Å²) in [7, 11) is 1.61. The highest BCUT2D eigenvalue weighted by atomic mass is 35.5. The van der Waals surface area contributed by atoms with Crippen molar-refractivity contribution in [2.24, 2.45) is 0 Å². The van der Waals surface area contributed by atoms with E-state index in [0.717, 1.165) is 37.5 Å². The molecule has 1 heterocycles. The van der Waals surface area contributed by atoms with Crippen molar-refractivity contribution in [2.75, 3.05) is 33.4 Å². The summed E-state index contributed by atoms with van der Waals surface area (Å²) in [6.07, 6.45) is 1.89. The van der Waals surface area contributed by atoms with Gasteiger partial charge in [-0.25, -0.2) is 4.79 Å². The van der Waals surface area contributed by atoms with Gasteiger partial charge in [0.15, 0.2) is 11.5 Å². The van der Waals surface area contributed by atoms with Crippen molar-refractivity contribution in [1.82, 2.24) is 15.5 Å². The number of likely N-dealkylation sites (tertiary alicyclic amines) is 1. The third-order valence-corrected chi connectivity index (χ3v) is 5.21. The fraction of sp³-hybridized carbons (Fsp3) is 0.409. The fourth-order valence-corrected chi connectivity index (χ4v) is 3.51. The Morgan fingerprint density at radius 1 is 1.10 bits per heavy atom. The van der Waals surface area contributed by atoms with E-state index in [4.69, 9.17) is 21.1 Å². The molecule has 0 aliphatic carbocycles. The van der Waals surface area contributed by atoms with Gasteiger partial charge in [-0.05, 0) is 42.7 Å². The molecule has 6 nitrogen and oxygen atoms in total. The Balaban J connectivity index is 1.31. The highest BCUT2D eigenvalue weighted by Crippen LogP contribution is 2.25. The monoisotopic (exact) mass is 417 g/mol. The van der Waals surface area contributed by atoms with Crippen molar-refractivity contribution in [3.8, 4) is 11.5 Å². The van der Waals surface area contributed by atoms with Crippen LogP contribution >= 0.6 is 11.6 Å². The van der Waals surface area contributed by atoms with Gasteiger partial charge in [0.2, 0.25) is 0 Å². The molecule has 0 bridgehead atoms. The number of methoxy groups -OCH3 is 1. The Kier molecular flexibility index (Phi) is 8.02. The third-order valence-electron chi connectivity index (χ3n) is 4.96. The van der Waals surface area contributed by atoms with Crippen LogP contribution in [-0.2, 0) is 6.54 Å². The minimum atomic E-state index is -0.148. The standard InChI is InChI=1S/C22H28ClN3O3/c1-28-20-4-2-3-5-21(20)29-15-12-24-22(27)25-19-10-13-26(14-11-19)16-17-6-8-18(23)9-7-17/h2-9,19H,10-16H2,1H3,(H2,24,25,27). The number of ether oxygens (including phenoxy) is 2. The quantitative estimate of drug-likeness (QED) is 0.643. The second-order valence-electron chi connectivity index (χ2n) is 7.08. The Hall–Kier alpha value is -2.44. The molecular weight excluding hydrogens is 390 g/mol. The molecule has 2 aromatic rings. The van der Waals surface area contributed by atoms with Gasteiger partial charge < -0.3 is 20.1 Å². The second-order valence-corrected chi connectivity index (χ2v) is 7.51. The van der Waals surface area contributed by atoms with Crippen LogP contribution in [0.5, 0.6) is 11.5 Å². The number of nitrogens with one attached hydrogen (secondary N) is 2. The molecule has 1 saturated heterocycles. The van der Waals surface area contributed by atoms with Crippen LogP contribution < -0.4 is 20.1 Å². The molecule has 2 N–H and O–H groups in total. The molecule has 1 aliphatic rings. The molecule has 2 aromatic carbocycles. The molecule has 0 aromatic heterocycles. The number of para-hydroxylation sites is 2. The van der Waals surface area contributed by atoms with Gasteiger partial charge in [0.1, 0.15) is 6.61 Å². The summed E-state index contributed by atoms with van der Waals surface area (Å²) in [4.78, 5) is 14.5. The van der Waals surface area contributed by atoms with Gasteiger partial charge >= 0.3 is 6.03 Å². The van der Waals surface area contributed by atoms with E-state index < -0.39 is 0 Å². The highest BCUT2D eigenvalue weighted by molar-refractivity contribution is 6.30. The summed E-state index contributed by atoms with van der Waals surface area (Å²) < 4.78 is 10.9. The van der Waals surface area contributed by atoms with Gasteiger partial charge in [-0.2, -0.15) is 0 Å². The molecule has 2 amide bonds. The zero-order valence-corrected chi connectivity index (χ0v) is 17.5. The van der Waals surface area contributed by atoms with Gasteiger partial charge in [0.05, 0.1) is 13.7 Å². The van der Waals surface area contributed by atoms with Crippen LogP contribution in [-0.4, -0.2) is 50.3 Å². The van der Waals surface area contributed by atoms with Crippen molar-refractivity contribution in [2.45, 2.75) is 25.4 Å². The molecule has 0 unspecified atom stereocenters. The maximum atomic E-state index is 12.1. The molecule has 7 heteroatoms. The molecular formula is C22H28ClN3O3. The van der Waals surface area contributed by atoms with Gasteiger partial charge in [-0.1, -0.05) is 35.9 Å². The van der Waals surface area contributed by atoms with Crippen molar-refractivity contribution in [3.05, 3.63) is 59.1 Å². The van der Waals surface area contributed by atoms with E-state index >= 15 is 0 Å². The maximum absolute atomic E-state index is 12.1. The van der Waals surface area contributed by atoms with Crippen molar-refractivity contribution in [3.63, 3.8) is 0 Å². The lowest BCUT2D eigenvalue weighted by Gasteiger charge is -2.32. The van der Waals surface area contributed by atoms with Crippen molar-refractivity contribution < 1.29 is 14.3 Å². The van der Waals surface area contributed by atoms with E-state index in [-0.39, 0.29) is 12.1 Å². The van der Waals surface area contributed by atoms with Crippen LogP contribution in [0, 0.1) is 0 Å². The normalized spacial score (nSPS) is 15.0. The smallest absolute Gasteiger partial charge is 0.315 e. The van der Waals surface area contributed by atoms with E-state index in [9.17, 15) is 4.79 Å². The summed E-state index contributed by atoms with van der Waals surface area (Å²) in [6, 6.07) is 15.5.